The van der Waals surface area contributed by atoms with Crippen molar-refractivity contribution in [3.05, 3.63) is 29.3 Å². The van der Waals surface area contributed by atoms with Gasteiger partial charge in [-0.1, -0.05) is 22.0 Å². The third-order valence-corrected chi connectivity index (χ3v) is 3.62. The molecule has 0 radical (unpaired) electrons. The van der Waals surface area contributed by atoms with Crippen LogP contribution in [0.1, 0.15) is 30.9 Å². The molecule has 0 unspecified atom stereocenters. The molecule has 0 aliphatic heterocycles. The van der Waals surface area contributed by atoms with E-state index in [0.29, 0.717) is 6.04 Å². The lowest BCUT2D eigenvalue weighted by Gasteiger charge is -2.24. The molecular formula is C13H15BrN2. The molecule has 3 heteroatoms. The van der Waals surface area contributed by atoms with Gasteiger partial charge in [-0.05, 0) is 37.5 Å². The Balaban J connectivity index is 2.35. The molecule has 0 amide bonds. The molecule has 0 spiro atoms. The minimum absolute atomic E-state index is 0.659. The zero-order chi connectivity index (χ0) is 11.5. The van der Waals surface area contributed by atoms with Crippen molar-refractivity contribution in [3.63, 3.8) is 0 Å². The van der Waals surface area contributed by atoms with Gasteiger partial charge in [0, 0.05) is 17.9 Å². The molecule has 1 aromatic rings. The van der Waals surface area contributed by atoms with E-state index >= 15 is 0 Å². The minimum Gasteiger partial charge on any atom is -0.368 e. The van der Waals surface area contributed by atoms with Crippen molar-refractivity contribution in [2.75, 3.05) is 11.4 Å². The Bertz CT molecular complexity index is 418. The molecule has 2 nitrogen and oxygen atoms in total. The lowest BCUT2D eigenvalue weighted by Crippen LogP contribution is -2.25. The summed E-state index contributed by atoms with van der Waals surface area (Å²) in [5.41, 5.74) is 3.05. The summed E-state index contributed by atoms with van der Waals surface area (Å²) in [5, 5.41) is 10.00. The number of alkyl halides is 1. The molecule has 16 heavy (non-hydrogen) atoms. The Kier molecular flexibility index (Phi) is 3.50. The highest BCUT2D eigenvalue weighted by Gasteiger charge is 2.29. The van der Waals surface area contributed by atoms with Gasteiger partial charge in [-0.25, -0.2) is 0 Å². The van der Waals surface area contributed by atoms with E-state index in [9.17, 15) is 5.26 Å². The SMILES string of the molecule is CCN(c1ccc(CBr)cc1C#N)C1CC1. The molecule has 1 fully saturated rings. The predicted octanol–water partition coefficient (Wildman–Crippen LogP) is 3.44. The topological polar surface area (TPSA) is 27.0 Å². The molecule has 1 aliphatic rings. The van der Waals surface area contributed by atoms with E-state index in [1.807, 2.05) is 6.07 Å². The maximum atomic E-state index is 9.19. The fourth-order valence-corrected chi connectivity index (χ4v) is 2.37. The van der Waals surface area contributed by atoms with Gasteiger partial charge >= 0.3 is 0 Å². The van der Waals surface area contributed by atoms with E-state index < -0.39 is 0 Å². The van der Waals surface area contributed by atoms with Gasteiger partial charge in [-0.3, -0.25) is 0 Å². The van der Waals surface area contributed by atoms with Crippen LogP contribution in [0.3, 0.4) is 0 Å². The maximum absolute atomic E-state index is 9.19. The van der Waals surface area contributed by atoms with Gasteiger partial charge in [0.25, 0.3) is 0 Å². The first kappa shape index (κ1) is 11.5. The van der Waals surface area contributed by atoms with Crippen molar-refractivity contribution in [3.8, 4) is 6.07 Å². The fourth-order valence-electron chi connectivity index (χ4n) is 2.02. The quantitative estimate of drug-likeness (QED) is 0.789. The van der Waals surface area contributed by atoms with E-state index in [1.165, 1.54) is 12.8 Å². The van der Waals surface area contributed by atoms with Crippen molar-refractivity contribution in [1.82, 2.24) is 0 Å². The van der Waals surface area contributed by atoms with Crippen molar-refractivity contribution < 1.29 is 0 Å². The highest BCUT2D eigenvalue weighted by atomic mass is 79.9. The van der Waals surface area contributed by atoms with Crippen LogP contribution in [0.25, 0.3) is 0 Å². The summed E-state index contributed by atoms with van der Waals surface area (Å²) < 4.78 is 0. The molecule has 0 bridgehead atoms. The summed E-state index contributed by atoms with van der Waals surface area (Å²) in [6, 6.07) is 9.12. The molecule has 0 heterocycles. The Hall–Kier alpha value is -1.01. The number of benzene rings is 1. The van der Waals surface area contributed by atoms with E-state index in [-0.39, 0.29) is 0 Å². The van der Waals surface area contributed by atoms with Crippen molar-refractivity contribution in [1.29, 1.82) is 5.26 Å². The summed E-state index contributed by atoms with van der Waals surface area (Å²) in [5.74, 6) is 0. The van der Waals surface area contributed by atoms with Gasteiger partial charge in [0.2, 0.25) is 0 Å². The van der Waals surface area contributed by atoms with Gasteiger partial charge in [0.1, 0.15) is 6.07 Å². The van der Waals surface area contributed by atoms with Crippen LogP contribution in [0, 0.1) is 11.3 Å². The zero-order valence-electron chi connectivity index (χ0n) is 9.41. The molecule has 1 saturated carbocycles. The van der Waals surface area contributed by atoms with Gasteiger partial charge in [-0.15, -0.1) is 0 Å². The highest BCUT2D eigenvalue weighted by molar-refractivity contribution is 9.08. The van der Waals surface area contributed by atoms with Crippen LogP contribution >= 0.6 is 15.9 Å². The first-order valence-electron chi connectivity index (χ1n) is 5.65. The molecule has 2 rings (SSSR count). The second-order valence-electron chi connectivity index (χ2n) is 4.11. The molecular weight excluding hydrogens is 264 g/mol. The number of halogens is 1. The molecule has 0 N–H and O–H groups in total. The number of nitriles is 1. The normalized spacial score (nSPS) is 14.6. The summed E-state index contributed by atoms with van der Waals surface area (Å²) >= 11 is 3.42. The summed E-state index contributed by atoms with van der Waals surface area (Å²) in [7, 11) is 0. The highest BCUT2D eigenvalue weighted by Crippen LogP contribution is 2.33. The summed E-state index contributed by atoms with van der Waals surface area (Å²) in [4.78, 5) is 2.34. The summed E-state index contributed by atoms with van der Waals surface area (Å²) in [6.45, 7) is 3.13. The predicted molar refractivity (Wildman–Crippen MR) is 69.8 cm³/mol. The Morgan fingerprint density at radius 1 is 1.50 bits per heavy atom. The van der Waals surface area contributed by atoms with Crippen LogP contribution in [0.15, 0.2) is 18.2 Å². The molecule has 1 aliphatic carbocycles. The first-order chi connectivity index (χ1) is 7.80. The fraction of sp³-hybridized carbons (Fsp3) is 0.462. The van der Waals surface area contributed by atoms with Gasteiger partial charge in [0.05, 0.1) is 11.3 Å². The number of hydrogen-bond donors (Lipinski definition) is 0. The minimum atomic E-state index is 0.659. The van der Waals surface area contributed by atoms with Crippen LogP contribution in [-0.4, -0.2) is 12.6 Å². The standard InChI is InChI=1S/C13H15BrN2/c1-2-16(12-4-5-12)13-6-3-10(8-14)7-11(13)9-15/h3,6-7,12H,2,4-5,8H2,1H3. The number of rotatable bonds is 4. The van der Waals surface area contributed by atoms with Gasteiger partial charge in [-0.2, -0.15) is 5.26 Å². The first-order valence-corrected chi connectivity index (χ1v) is 6.78. The van der Waals surface area contributed by atoms with Crippen LogP contribution in [0.4, 0.5) is 5.69 Å². The summed E-state index contributed by atoms with van der Waals surface area (Å²) in [6.07, 6.45) is 2.53. The number of hydrogen-bond acceptors (Lipinski definition) is 2. The Morgan fingerprint density at radius 2 is 2.25 bits per heavy atom. The lowest BCUT2D eigenvalue weighted by atomic mass is 10.1. The smallest absolute Gasteiger partial charge is 0.101 e. The average Bonchev–Trinajstić information content (AvgIpc) is 3.15. The Morgan fingerprint density at radius 3 is 2.75 bits per heavy atom. The number of nitrogens with zero attached hydrogens (tertiary/aromatic N) is 2. The Labute approximate surface area is 105 Å². The third-order valence-electron chi connectivity index (χ3n) is 2.97. The second-order valence-corrected chi connectivity index (χ2v) is 4.67. The molecule has 1 aromatic carbocycles. The number of anilines is 1. The lowest BCUT2D eigenvalue weighted by molar-refractivity contribution is 0.824. The van der Waals surface area contributed by atoms with E-state index in [0.717, 1.165) is 28.7 Å². The van der Waals surface area contributed by atoms with E-state index in [2.05, 4.69) is 46.0 Å². The maximum Gasteiger partial charge on any atom is 0.101 e. The monoisotopic (exact) mass is 278 g/mol. The van der Waals surface area contributed by atoms with Crippen LogP contribution in [0.5, 0.6) is 0 Å². The van der Waals surface area contributed by atoms with Crippen molar-refractivity contribution in [2.45, 2.75) is 31.1 Å². The van der Waals surface area contributed by atoms with Crippen molar-refractivity contribution >= 4 is 21.6 Å². The van der Waals surface area contributed by atoms with Crippen LogP contribution in [-0.2, 0) is 5.33 Å². The molecule has 0 atom stereocenters. The van der Waals surface area contributed by atoms with Crippen molar-refractivity contribution in [2.24, 2.45) is 0 Å². The van der Waals surface area contributed by atoms with Crippen LogP contribution in [0.2, 0.25) is 0 Å². The second kappa shape index (κ2) is 4.88. The van der Waals surface area contributed by atoms with Crippen LogP contribution < -0.4 is 4.90 Å². The largest absolute Gasteiger partial charge is 0.368 e. The molecule has 0 aromatic heterocycles. The van der Waals surface area contributed by atoms with Gasteiger partial charge < -0.3 is 4.90 Å². The molecule has 0 saturated heterocycles. The zero-order valence-corrected chi connectivity index (χ0v) is 11.0. The van der Waals surface area contributed by atoms with Gasteiger partial charge in [0.15, 0.2) is 0 Å². The average molecular weight is 279 g/mol. The molecule has 84 valence electrons. The van der Waals surface area contributed by atoms with E-state index in [1.54, 1.807) is 0 Å². The third kappa shape index (κ3) is 2.22. The van der Waals surface area contributed by atoms with E-state index in [4.69, 9.17) is 0 Å².